The molecule has 0 bridgehead atoms. The highest BCUT2D eigenvalue weighted by Gasteiger charge is 2.02. The zero-order valence-electron chi connectivity index (χ0n) is 7.57. The van der Waals surface area contributed by atoms with Crippen LogP contribution < -0.4 is 11.3 Å². The molecule has 2 rings (SSSR count). The molecule has 0 atom stereocenters. The fourth-order valence-corrected chi connectivity index (χ4v) is 1.70. The Labute approximate surface area is 84.5 Å². The fraction of sp³-hybridized carbons (Fsp3) is 0.111. The van der Waals surface area contributed by atoms with Crippen molar-refractivity contribution in [3.05, 3.63) is 28.6 Å². The Morgan fingerprint density at radius 2 is 2.29 bits per heavy atom. The van der Waals surface area contributed by atoms with E-state index in [-0.39, 0.29) is 11.5 Å². The number of nitrogens with zero attached hydrogens (tertiary/aromatic N) is 1. The Hall–Kier alpha value is -1.49. The molecule has 4 nitrogen and oxygen atoms in total. The van der Waals surface area contributed by atoms with Crippen molar-refractivity contribution in [1.29, 1.82) is 0 Å². The van der Waals surface area contributed by atoms with Crippen LogP contribution in [0, 0.1) is 0 Å². The zero-order chi connectivity index (χ0) is 10.1. The van der Waals surface area contributed by atoms with Crippen LogP contribution in [0.15, 0.2) is 27.9 Å². The number of nitrogens with two attached hydrogens (primary N) is 1. The molecule has 0 saturated heterocycles. The Kier molecular flexibility index (Phi) is 2.17. The number of rotatable bonds is 1. The molecule has 0 amide bonds. The number of aromatic amines is 1. The van der Waals surface area contributed by atoms with Crippen LogP contribution in [0.3, 0.4) is 0 Å². The summed E-state index contributed by atoms with van der Waals surface area (Å²) in [5.74, 6) is 0.152. The predicted molar refractivity (Wildman–Crippen MR) is 58.6 cm³/mol. The Morgan fingerprint density at radius 3 is 3.00 bits per heavy atom. The van der Waals surface area contributed by atoms with Gasteiger partial charge in [0, 0.05) is 4.90 Å². The third-order valence-corrected chi connectivity index (χ3v) is 2.66. The van der Waals surface area contributed by atoms with Crippen molar-refractivity contribution in [1.82, 2.24) is 9.97 Å². The number of thioether (sulfide) groups is 1. The molecule has 0 unspecified atom stereocenters. The van der Waals surface area contributed by atoms with Gasteiger partial charge in [-0.15, -0.1) is 11.8 Å². The minimum atomic E-state index is -0.191. The number of hydrogen-bond donors (Lipinski definition) is 2. The highest BCUT2D eigenvalue weighted by molar-refractivity contribution is 7.98. The Balaban J connectivity index is 2.82. The third-order valence-electron chi connectivity index (χ3n) is 1.93. The summed E-state index contributed by atoms with van der Waals surface area (Å²) >= 11 is 1.58. The molecule has 0 aliphatic heterocycles. The number of nitrogen functional groups attached to an aromatic ring is 1. The maximum Gasteiger partial charge on any atom is 0.260 e. The molecule has 2 aromatic rings. The van der Waals surface area contributed by atoms with Gasteiger partial charge in [-0.05, 0) is 24.5 Å². The molecule has 1 heterocycles. The molecular formula is C9H9N3OS. The van der Waals surface area contributed by atoms with Crippen molar-refractivity contribution < 1.29 is 0 Å². The maximum absolute atomic E-state index is 11.5. The maximum atomic E-state index is 11.5. The monoisotopic (exact) mass is 207 g/mol. The number of H-pyrrole nitrogens is 1. The van der Waals surface area contributed by atoms with E-state index in [9.17, 15) is 4.79 Å². The first kappa shape index (κ1) is 9.08. The van der Waals surface area contributed by atoms with Gasteiger partial charge in [-0.3, -0.25) is 9.78 Å². The van der Waals surface area contributed by atoms with Gasteiger partial charge in [0.1, 0.15) is 0 Å². The molecule has 0 spiro atoms. The summed E-state index contributed by atoms with van der Waals surface area (Å²) in [7, 11) is 0. The van der Waals surface area contributed by atoms with Crippen LogP contribution in [-0.4, -0.2) is 16.2 Å². The summed E-state index contributed by atoms with van der Waals surface area (Å²) in [6, 6.07) is 5.52. The normalized spacial score (nSPS) is 10.6. The van der Waals surface area contributed by atoms with Gasteiger partial charge in [-0.2, -0.15) is 0 Å². The van der Waals surface area contributed by atoms with Gasteiger partial charge in [0.25, 0.3) is 5.56 Å². The summed E-state index contributed by atoms with van der Waals surface area (Å²) in [6.45, 7) is 0. The van der Waals surface area contributed by atoms with E-state index in [4.69, 9.17) is 5.73 Å². The average molecular weight is 207 g/mol. The largest absolute Gasteiger partial charge is 0.369 e. The number of anilines is 1. The van der Waals surface area contributed by atoms with Gasteiger partial charge < -0.3 is 5.73 Å². The van der Waals surface area contributed by atoms with Crippen molar-refractivity contribution in [2.45, 2.75) is 4.90 Å². The second kappa shape index (κ2) is 3.34. The molecule has 0 saturated carbocycles. The summed E-state index contributed by atoms with van der Waals surface area (Å²) < 4.78 is 0. The van der Waals surface area contributed by atoms with Gasteiger partial charge in [-0.1, -0.05) is 0 Å². The minimum Gasteiger partial charge on any atom is -0.369 e. The van der Waals surface area contributed by atoms with Crippen molar-refractivity contribution in [3.63, 3.8) is 0 Å². The van der Waals surface area contributed by atoms with E-state index in [1.807, 2.05) is 18.4 Å². The highest BCUT2D eigenvalue weighted by atomic mass is 32.2. The summed E-state index contributed by atoms with van der Waals surface area (Å²) in [6.07, 6.45) is 1.96. The van der Waals surface area contributed by atoms with Crippen molar-refractivity contribution in [2.24, 2.45) is 0 Å². The summed E-state index contributed by atoms with van der Waals surface area (Å²) in [4.78, 5) is 19.0. The molecule has 72 valence electrons. The topological polar surface area (TPSA) is 71.8 Å². The molecule has 5 heteroatoms. The van der Waals surface area contributed by atoms with Crippen LogP contribution in [-0.2, 0) is 0 Å². The van der Waals surface area contributed by atoms with Crippen LogP contribution in [0.4, 0.5) is 5.95 Å². The lowest BCUT2D eigenvalue weighted by molar-refractivity contribution is 1.18. The van der Waals surface area contributed by atoms with Crippen LogP contribution in [0.1, 0.15) is 0 Å². The number of hydrogen-bond acceptors (Lipinski definition) is 4. The van der Waals surface area contributed by atoms with Crippen LogP contribution in [0.5, 0.6) is 0 Å². The number of fused-ring (bicyclic) bond motifs is 1. The summed E-state index contributed by atoms with van der Waals surface area (Å²) in [5, 5.41) is 0.575. The average Bonchev–Trinajstić information content (AvgIpc) is 2.17. The molecule has 3 N–H and O–H groups in total. The fourth-order valence-electron chi connectivity index (χ4n) is 1.26. The van der Waals surface area contributed by atoms with E-state index in [0.717, 1.165) is 4.90 Å². The smallest absolute Gasteiger partial charge is 0.260 e. The second-order valence-electron chi connectivity index (χ2n) is 2.83. The third kappa shape index (κ3) is 1.46. The number of nitrogens with one attached hydrogen (secondary N) is 1. The molecule has 0 aliphatic carbocycles. The predicted octanol–water partition coefficient (Wildman–Crippen LogP) is 1.23. The number of benzene rings is 1. The van der Waals surface area contributed by atoms with E-state index in [1.54, 1.807) is 17.8 Å². The first-order chi connectivity index (χ1) is 6.70. The van der Waals surface area contributed by atoms with Crippen LogP contribution in [0.2, 0.25) is 0 Å². The highest BCUT2D eigenvalue weighted by Crippen LogP contribution is 2.18. The lowest BCUT2D eigenvalue weighted by Crippen LogP contribution is -2.10. The molecule has 0 fully saturated rings. The minimum absolute atomic E-state index is 0.152. The van der Waals surface area contributed by atoms with Crippen molar-refractivity contribution in [3.8, 4) is 0 Å². The van der Waals surface area contributed by atoms with Gasteiger partial charge in [0.05, 0.1) is 10.9 Å². The molecule has 0 aliphatic rings. The van der Waals surface area contributed by atoms with Crippen LogP contribution >= 0.6 is 11.8 Å². The second-order valence-corrected chi connectivity index (χ2v) is 3.71. The molecule has 14 heavy (non-hydrogen) atoms. The lowest BCUT2D eigenvalue weighted by Gasteiger charge is -2.00. The standard InChI is InChI=1S/C9H9N3OS/c1-14-5-2-3-7-6(4-5)8(13)12-9(10)11-7/h2-4H,1H3,(H3,10,11,12,13). The van der Waals surface area contributed by atoms with Gasteiger partial charge >= 0.3 is 0 Å². The van der Waals surface area contributed by atoms with E-state index < -0.39 is 0 Å². The van der Waals surface area contributed by atoms with E-state index in [0.29, 0.717) is 10.9 Å². The first-order valence-corrected chi connectivity index (χ1v) is 5.27. The molecule has 0 radical (unpaired) electrons. The van der Waals surface area contributed by atoms with Gasteiger partial charge in [-0.25, -0.2) is 4.98 Å². The summed E-state index contributed by atoms with van der Waals surface area (Å²) in [5.41, 5.74) is 5.86. The van der Waals surface area contributed by atoms with E-state index in [2.05, 4.69) is 9.97 Å². The van der Waals surface area contributed by atoms with E-state index >= 15 is 0 Å². The SMILES string of the molecule is CSc1ccc2nc(N)[nH]c(=O)c2c1. The van der Waals surface area contributed by atoms with Gasteiger partial charge in [0.2, 0.25) is 5.95 Å². The molecular weight excluding hydrogens is 198 g/mol. The molecule has 1 aromatic heterocycles. The zero-order valence-corrected chi connectivity index (χ0v) is 8.39. The Morgan fingerprint density at radius 1 is 1.50 bits per heavy atom. The lowest BCUT2D eigenvalue weighted by atomic mass is 10.2. The Bertz CT molecular complexity index is 535. The van der Waals surface area contributed by atoms with Gasteiger partial charge in [0.15, 0.2) is 0 Å². The number of aromatic nitrogens is 2. The first-order valence-electron chi connectivity index (χ1n) is 4.04. The van der Waals surface area contributed by atoms with Crippen molar-refractivity contribution >= 4 is 28.6 Å². The quantitative estimate of drug-likeness (QED) is 0.690. The van der Waals surface area contributed by atoms with E-state index in [1.165, 1.54) is 0 Å². The van der Waals surface area contributed by atoms with Crippen LogP contribution in [0.25, 0.3) is 10.9 Å². The molecule has 1 aromatic carbocycles. The van der Waals surface area contributed by atoms with Crippen molar-refractivity contribution in [2.75, 3.05) is 12.0 Å².